The first-order valence-corrected chi connectivity index (χ1v) is 30.9. The monoisotopic (exact) mass is 1070 g/mol. The van der Waals surface area contributed by atoms with Crippen molar-refractivity contribution in [2.75, 3.05) is 33.0 Å². The summed E-state index contributed by atoms with van der Waals surface area (Å²) in [7, 11) is 0. The first kappa shape index (κ1) is 69.6. The van der Waals surface area contributed by atoms with Crippen LogP contribution in [0.15, 0.2) is 24.3 Å². The van der Waals surface area contributed by atoms with E-state index < -0.39 is 80.7 Å². The fraction of sp³-hybridized carbons (Fsp3) is 0.918. The molecule has 0 aromatic heterocycles. The van der Waals surface area contributed by atoms with E-state index >= 15 is 0 Å². The lowest BCUT2D eigenvalue weighted by molar-refractivity contribution is -0.332. The molecule has 11 unspecified atom stereocenters. The van der Waals surface area contributed by atoms with Gasteiger partial charge in [-0.3, -0.25) is 4.79 Å². The third kappa shape index (κ3) is 35.0. The normalized spacial score (nSPS) is 24.7. The molecule has 11 atom stereocenters. The highest BCUT2D eigenvalue weighted by atomic mass is 16.7. The SMILES string of the molecule is CCCCC/C=C\C/C=C\CCCCCCCCCCCCOCC(COC1OC(COC2OC(CO)C(O)C(O)C2O)C(O)C(O)C1O)OC(=O)CCCCCCCCCCCCCCCCCCCCCCC. The van der Waals surface area contributed by atoms with Crippen molar-refractivity contribution in [3.63, 3.8) is 0 Å². The Kier molecular flexibility index (Phi) is 44.9. The molecule has 0 radical (unpaired) electrons. The zero-order valence-corrected chi connectivity index (χ0v) is 47.6. The lowest BCUT2D eigenvalue weighted by Crippen LogP contribution is -2.61. The molecule has 0 aromatic carbocycles. The number of esters is 1. The van der Waals surface area contributed by atoms with E-state index in [1.54, 1.807) is 0 Å². The number of hydrogen-bond donors (Lipinski definition) is 7. The lowest BCUT2D eigenvalue weighted by atomic mass is 9.98. The Bertz CT molecular complexity index is 1330. The first-order chi connectivity index (χ1) is 36.6. The molecule has 2 rings (SSSR count). The van der Waals surface area contributed by atoms with E-state index in [0.29, 0.717) is 13.0 Å². The van der Waals surface area contributed by atoms with E-state index in [-0.39, 0.29) is 25.6 Å². The first-order valence-electron chi connectivity index (χ1n) is 30.9. The van der Waals surface area contributed by atoms with Gasteiger partial charge < -0.3 is 64.2 Å². The fourth-order valence-electron chi connectivity index (χ4n) is 9.97. The highest BCUT2D eigenvalue weighted by molar-refractivity contribution is 5.69. The van der Waals surface area contributed by atoms with Gasteiger partial charge in [0.1, 0.15) is 54.9 Å². The molecule has 2 heterocycles. The molecule has 442 valence electrons. The molecule has 0 bridgehead atoms. The van der Waals surface area contributed by atoms with Crippen molar-refractivity contribution in [3.8, 4) is 0 Å². The molecular weight excluding hydrogens is 957 g/mol. The van der Waals surface area contributed by atoms with Gasteiger partial charge in [-0.25, -0.2) is 0 Å². The van der Waals surface area contributed by atoms with Gasteiger partial charge in [0, 0.05) is 13.0 Å². The maximum absolute atomic E-state index is 13.1. The molecule has 0 aliphatic carbocycles. The van der Waals surface area contributed by atoms with Crippen molar-refractivity contribution >= 4 is 5.97 Å². The van der Waals surface area contributed by atoms with Crippen molar-refractivity contribution in [1.29, 1.82) is 0 Å². The molecule has 14 nitrogen and oxygen atoms in total. The molecule has 0 spiro atoms. The van der Waals surface area contributed by atoms with Crippen molar-refractivity contribution < 1.29 is 69.0 Å². The van der Waals surface area contributed by atoms with Crippen molar-refractivity contribution in [1.82, 2.24) is 0 Å². The molecule has 2 aliphatic heterocycles. The molecule has 75 heavy (non-hydrogen) atoms. The summed E-state index contributed by atoms with van der Waals surface area (Å²) in [5.74, 6) is -0.371. The predicted molar refractivity (Wildman–Crippen MR) is 298 cm³/mol. The van der Waals surface area contributed by atoms with E-state index in [9.17, 15) is 40.5 Å². The van der Waals surface area contributed by atoms with Gasteiger partial charge in [0.2, 0.25) is 0 Å². The number of rotatable bonds is 51. The summed E-state index contributed by atoms with van der Waals surface area (Å²) < 4.78 is 34.5. The molecule has 0 saturated carbocycles. The summed E-state index contributed by atoms with van der Waals surface area (Å²) in [6, 6.07) is 0. The maximum Gasteiger partial charge on any atom is 0.306 e. The topological polar surface area (TPSA) is 214 Å². The van der Waals surface area contributed by atoms with Crippen LogP contribution in [0.4, 0.5) is 0 Å². The molecule has 2 fully saturated rings. The van der Waals surface area contributed by atoms with Crippen LogP contribution in [-0.4, -0.2) is 142 Å². The van der Waals surface area contributed by atoms with Gasteiger partial charge >= 0.3 is 5.97 Å². The van der Waals surface area contributed by atoms with Gasteiger partial charge in [-0.05, 0) is 44.9 Å². The third-order valence-electron chi connectivity index (χ3n) is 15.0. The minimum atomic E-state index is -1.71. The highest BCUT2D eigenvalue weighted by Gasteiger charge is 2.47. The average Bonchev–Trinajstić information content (AvgIpc) is 3.41. The number of carbonyl (C=O) groups excluding carboxylic acids is 1. The van der Waals surface area contributed by atoms with E-state index in [1.807, 2.05) is 0 Å². The van der Waals surface area contributed by atoms with Gasteiger partial charge in [-0.2, -0.15) is 0 Å². The zero-order chi connectivity index (χ0) is 54.4. The summed E-state index contributed by atoms with van der Waals surface area (Å²) >= 11 is 0. The van der Waals surface area contributed by atoms with Crippen molar-refractivity contribution in [2.45, 2.75) is 325 Å². The van der Waals surface area contributed by atoms with E-state index in [2.05, 4.69) is 38.2 Å². The summed E-state index contributed by atoms with van der Waals surface area (Å²) in [5.41, 5.74) is 0. The Morgan fingerprint density at radius 2 is 0.827 bits per heavy atom. The minimum absolute atomic E-state index is 0.0641. The minimum Gasteiger partial charge on any atom is -0.457 e. The van der Waals surface area contributed by atoms with Crippen LogP contribution >= 0.6 is 0 Å². The van der Waals surface area contributed by atoms with Gasteiger partial charge in [-0.15, -0.1) is 0 Å². The molecule has 2 saturated heterocycles. The van der Waals surface area contributed by atoms with Gasteiger partial charge in [0.05, 0.1) is 26.4 Å². The Hall–Kier alpha value is -1.53. The number of aliphatic hydroxyl groups is 7. The number of ether oxygens (including phenoxy) is 6. The zero-order valence-electron chi connectivity index (χ0n) is 47.6. The molecule has 14 heteroatoms. The van der Waals surface area contributed by atoms with Gasteiger partial charge in [0.15, 0.2) is 12.6 Å². The summed E-state index contributed by atoms with van der Waals surface area (Å²) in [5, 5.41) is 72.4. The van der Waals surface area contributed by atoms with Gasteiger partial charge in [-0.1, -0.05) is 231 Å². The third-order valence-corrected chi connectivity index (χ3v) is 15.0. The van der Waals surface area contributed by atoms with Crippen LogP contribution in [0, 0.1) is 0 Å². The van der Waals surface area contributed by atoms with Crippen LogP contribution in [0.5, 0.6) is 0 Å². The summed E-state index contributed by atoms with van der Waals surface area (Å²) in [6.07, 6.45) is 39.5. The predicted octanol–water partition coefficient (Wildman–Crippen LogP) is 11.5. The number of aliphatic hydroxyl groups excluding tert-OH is 7. The number of hydrogen-bond acceptors (Lipinski definition) is 14. The molecule has 2 aliphatic rings. The number of carbonyl (C=O) groups is 1. The number of unbranched alkanes of at least 4 members (excludes halogenated alkanes) is 33. The molecule has 0 aromatic rings. The maximum atomic E-state index is 13.1. The average molecular weight is 1070 g/mol. The van der Waals surface area contributed by atoms with Crippen LogP contribution in [0.1, 0.15) is 258 Å². The van der Waals surface area contributed by atoms with E-state index in [4.69, 9.17) is 28.4 Å². The summed E-state index contributed by atoms with van der Waals surface area (Å²) in [6.45, 7) is 3.72. The Morgan fingerprint density at radius 3 is 1.31 bits per heavy atom. The van der Waals surface area contributed by atoms with Crippen molar-refractivity contribution in [2.24, 2.45) is 0 Å². The number of allylic oxidation sites excluding steroid dienone is 4. The molecular formula is C61H114O14. The van der Waals surface area contributed by atoms with E-state index in [0.717, 1.165) is 44.9 Å². The lowest BCUT2D eigenvalue weighted by Gasteiger charge is -2.42. The Morgan fingerprint density at radius 1 is 0.440 bits per heavy atom. The summed E-state index contributed by atoms with van der Waals surface area (Å²) in [4.78, 5) is 13.1. The van der Waals surface area contributed by atoms with Crippen LogP contribution in [0.25, 0.3) is 0 Å². The second-order valence-corrected chi connectivity index (χ2v) is 21.9. The standard InChI is InChI=1S/C61H114O14/c1-3-5-7-9-11-13-15-17-19-21-23-25-26-28-30-32-34-36-38-40-42-44-53(63)73-50(47-70-45-43-41-39-37-35-33-31-29-27-24-22-20-18-16-14-12-10-8-6-4-2)48-71-60-59(69)57(67)55(65)52(75-60)49-72-61-58(68)56(66)54(64)51(46-62)74-61/h12,14,18,20,50-52,54-62,64-69H,3-11,13,15-17,19,21-49H2,1-2H3/b14-12-,20-18-. The van der Waals surface area contributed by atoms with E-state index in [1.165, 1.54) is 186 Å². The highest BCUT2D eigenvalue weighted by Crippen LogP contribution is 2.27. The second kappa shape index (κ2) is 48.4. The smallest absolute Gasteiger partial charge is 0.306 e. The van der Waals surface area contributed by atoms with Crippen LogP contribution in [0.2, 0.25) is 0 Å². The van der Waals surface area contributed by atoms with Crippen LogP contribution in [-0.2, 0) is 33.2 Å². The quantitative estimate of drug-likeness (QED) is 0.0172. The Labute approximate surface area is 456 Å². The van der Waals surface area contributed by atoms with Crippen molar-refractivity contribution in [3.05, 3.63) is 24.3 Å². The van der Waals surface area contributed by atoms with Crippen LogP contribution in [0.3, 0.4) is 0 Å². The largest absolute Gasteiger partial charge is 0.457 e. The second-order valence-electron chi connectivity index (χ2n) is 21.9. The Balaban J connectivity index is 1.69. The van der Waals surface area contributed by atoms with Gasteiger partial charge in [0.25, 0.3) is 0 Å². The fourth-order valence-corrected chi connectivity index (χ4v) is 9.97. The molecule has 7 N–H and O–H groups in total. The van der Waals surface area contributed by atoms with Crippen LogP contribution < -0.4 is 0 Å². The molecule has 0 amide bonds.